The molecule has 1 N–H and O–H groups in total. The van der Waals surface area contributed by atoms with Crippen LogP contribution >= 0.6 is 0 Å². The van der Waals surface area contributed by atoms with Gasteiger partial charge >= 0.3 is 5.97 Å². The molecule has 0 fully saturated rings. The van der Waals surface area contributed by atoms with Crippen molar-refractivity contribution in [1.82, 2.24) is 9.78 Å². The molecule has 2 rings (SSSR count). The Balaban J connectivity index is 2.21. The van der Waals surface area contributed by atoms with Crippen molar-refractivity contribution in [2.75, 3.05) is 7.11 Å². The number of carboxylic acids is 1. The molecule has 0 atom stereocenters. The predicted molar refractivity (Wildman–Crippen MR) is 76.9 cm³/mol. The molecule has 0 spiro atoms. The normalized spacial score (nSPS) is 10.4. The van der Waals surface area contributed by atoms with Crippen LogP contribution in [-0.4, -0.2) is 28.0 Å². The van der Waals surface area contributed by atoms with Gasteiger partial charge in [-0.1, -0.05) is 6.92 Å². The predicted octanol–water partition coefficient (Wildman–Crippen LogP) is 2.27. The molecule has 0 saturated heterocycles. The lowest BCUT2D eigenvalue weighted by Gasteiger charge is -2.10. The third kappa shape index (κ3) is 3.34. The van der Waals surface area contributed by atoms with Crippen molar-refractivity contribution in [3.63, 3.8) is 0 Å². The monoisotopic (exact) mass is 290 g/mol. The van der Waals surface area contributed by atoms with Crippen molar-refractivity contribution < 1.29 is 19.4 Å². The Kier molecular flexibility index (Phi) is 4.47. The Hall–Kier alpha value is -2.50. The quantitative estimate of drug-likeness (QED) is 0.883. The van der Waals surface area contributed by atoms with Gasteiger partial charge in [-0.2, -0.15) is 5.10 Å². The molecule has 21 heavy (non-hydrogen) atoms. The van der Waals surface area contributed by atoms with Gasteiger partial charge in [0.1, 0.15) is 23.7 Å². The Bertz CT molecular complexity index is 649. The summed E-state index contributed by atoms with van der Waals surface area (Å²) in [5.74, 6) is -0.206. The smallest absolute Gasteiger partial charge is 0.339 e. The van der Waals surface area contributed by atoms with Crippen LogP contribution in [0.4, 0.5) is 0 Å². The van der Waals surface area contributed by atoms with Gasteiger partial charge < -0.3 is 14.6 Å². The van der Waals surface area contributed by atoms with E-state index in [1.165, 1.54) is 13.2 Å². The number of ether oxygens (including phenoxy) is 2. The van der Waals surface area contributed by atoms with Crippen LogP contribution < -0.4 is 9.47 Å². The second-order valence-electron chi connectivity index (χ2n) is 4.56. The van der Waals surface area contributed by atoms with E-state index in [1.54, 1.807) is 16.8 Å². The minimum absolute atomic E-state index is 0.105. The lowest BCUT2D eigenvalue weighted by Crippen LogP contribution is -2.06. The molecule has 0 radical (unpaired) electrons. The Labute approximate surface area is 122 Å². The largest absolute Gasteiger partial charge is 0.497 e. The number of carbonyl (C=O) groups is 1. The van der Waals surface area contributed by atoms with E-state index in [4.69, 9.17) is 9.47 Å². The molecule has 0 aliphatic rings. The van der Waals surface area contributed by atoms with E-state index in [9.17, 15) is 9.90 Å². The molecule has 0 aliphatic carbocycles. The number of rotatable bonds is 6. The minimum Gasteiger partial charge on any atom is -0.497 e. The highest BCUT2D eigenvalue weighted by molar-refractivity contribution is 5.91. The first-order chi connectivity index (χ1) is 10.0. The fraction of sp³-hybridized carbons (Fsp3) is 0.333. The topological polar surface area (TPSA) is 73.6 Å². The fourth-order valence-electron chi connectivity index (χ4n) is 1.96. The maximum Gasteiger partial charge on any atom is 0.339 e. The van der Waals surface area contributed by atoms with Crippen LogP contribution in [0.1, 0.15) is 28.7 Å². The maximum absolute atomic E-state index is 11.2. The number of methoxy groups -OCH3 is 1. The number of aryl methyl sites for hydroxylation is 2. The Morgan fingerprint density at radius 1 is 1.38 bits per heavy atom. The standard InChI is InChI=1S/C15H18N2O4/c1-4-10-7-11(17(2)16-10)9-21-14-8-12(20-3)5-6-13(14)15(18)19/h5-8H,4,9H2,1-3H3,(H,18,19). The van der Waals surface area contributed by atoms with Crippen LogP contribution in [0.5, 0.6) is 11.5 Å². The number of nitrogens with zero attached hydrogens (tertiary/aromatic N) is 2. The number of aromatic nitrogens is 2. The summed E-state index contributed by atoms with van der Waals surface area (Å²) < 4.78 is 12.5. The highest BCUT2D eigenvalue weighted by Gasteiger charge is 2.13. The van der Waals surface area contributed by atoms with Gasteiger partial charge in [-0.05, 0) is 24.6 Å². The molecule has 1 aromatic carbocycles. The Morgan fingerprint density at radius 2 is 2.14 bits per heavy atom. The summed E-state index contributed by atoms with van der Waals surface area (Å²) in [4.78, 5) is 11.2. The molecule has 0 unspecified atom stereocenters. The van der Waals surface area contributed by atoms with Crippen LogP contribution in [0.25, 0.3) is 0 Å². The fourth-order valence-corrected chi connectivity index (χ4v) is 1.96. The van der Waals surface area contributed by atoms with E-state index in [-0.39, 0.29) is 17.9 Å². The third-order valence-corrected chi connectivity index (χ3v) is 3.18. The van der Waals surface area contributed by atoms with Crippen molar-refractivity contribution in [2.24, 2.45) is 7.05 Å². The van der Waals surface area contributed by atoms with Gasteiger partial charge in [-0.15, -0.1) is 0 Å². The van der Waals surface area contributed by atoms with Crippen LogP contribution in [0.3, 0.4) is 0 Å². The highest BCUT2D eigenvalue weighted by Crippen LogP contribution is 2.25. The summed E-state index contributed by atoms with van der Waals surface area (Å²) in [7, 11) is 3.36. The average molecular weight is 290 g/mol. The molecule has 0 bridgehead atoms. The number of hydrogen-bond acceptors (Lipinski definition) is 4. The number of carboxylic acid groups (broad SMARTS) is 1. The lowest BCUT2D eigenvalue weighted by atomic mass is 10.2. The lowest BCUT2D eigenvalue weighted by molar-refractivity contribution is 0.0691. The van der Waals surface area contributed by atoms with Crippen LogP contribution in [0, 0.1) is 0 Å². The molecule has 2 aromatic rings. The summed E-state index contributed by atoms with van der Waals surface area (Å²) in [5.41, 5.74) is 1.96. The van der Waals surface area contributed by atoms with Crippen molar-refractivity contribution in [2.45, 2.75) is 20.0 Å². The first kappa shape index (κ1) is 14.9. The van der Waals surface area contributed by atoms with Gasteiger partial charge in [0.15, 0.2) is 0 Å². The summed E-state index contributed by atoms with van der Waals surface area (Å²) >= 11 is 0. The summed E-state index contributed by atoms with van der Waals surface area (Å²) in [5, 5.41) is 13.5. The third-order valence-electron chi connectivity index (χ3n) is 3.18. The number of aromatic carboxylic acids is 1. The van der Waals surface area contributed by atoms with Crippen LogP contribution in [-0.2, 0) is 20.1 Å². The van der Waals surface area contributed by atoms with E-state index < -0.39 is 5.97 Å². The van der Waals surface area contributed by atoms with Crippen molar-refractivity contribution in [3.05, 3.63) is 41.2 Å². The molecule has 0 aliphatic heterocycles. The summed E-state index contributed by atoms with van der Waals surface area (Å²) in [6.45, 7) is 2.27. The molecule has 1 heterocycles. The number of benzene rings is 1. The average Bonchev–Trinajstić information content (AvgIpc) is 2.85. The first-order valence-corrected chi connectivity index (χ1v) is 6.61. The molecule has 1 aromatic heterocycles. The zero-order valence-electron chi connectivity index (χ0n) is 12.3. The van der Waals surface area contributed by atoms with E-state index in [2.05, 4.69) is 5.10 Å². The van der Waals surface area contributed by atoms with E-state index in [1.807, 2.05) is 20.0 Å². The second kappa shape index (κ2) is 6.30. The summed E-state index contributed by atoms with van der Waals surface area (Å²) in [6, 6.07) is 6.58. The SMILES string of the molecule is CCc1cc(COc2cc(OC)ccc2C(=O)O)n(C)n1. The van der Waals surface area contributed by atoms with E-state index >= 15 is 0 Å². The number of hydrogen-bond donors (Lipinski definition) is 1. The zero-order valence-corrected chi connectivity index (χ0v) is 12.3. The highest BCUT2D eigenvalue weighted by atomic mass is 16.5. The molecule has 6 nitrogen and oxygen atoms in total. The van der Waals surface area contributed by atoms with Crippen LogP contribution in [0.15, 0.2) is 24.3 Å². The maximum atomic E-state index is 11.2. The van der Waals surface area contributed by atoms with Gasteiger partial charge in [0.05, 0.1) is 18.5 Å². The second-order valence-corrected chi connectivity index (χ2v) is 4.56. The molecule has 6 heteroatoms. The van der Waals surface area contributed by atoms with Crippen molar-refractivity contribution in [1.29, 1.82) is 0 Å². The zero-order chi connectivity index (χ0) is 15.4. The van der Waals surface area contributed by atoms with E-state index in [0.717, 1.165) is 17.8 Å². The molecular weight excluding hydrogens is 272 g/mol. The van der Waals surface area contributed by atoms with Gasteiger partial charge in [0.25, 0.3) is 0 Å². The van der Waals surface area contributed by atoms with Gasteiger partial charge in [-0.3, -0.25) is 4.68 Å². The van der Waals surface area contributed by atoms with Crippen LogP contribution in [0.2, 0.25) is 0 Å². The minimum atomic E-state index is -1.04. The van der Waals surface area contributed by atoms with Gasteiger partial charge in [0.2, 0.25) is 0 Å². The summed E-state index contributed by atoms with van der Waals surface area (Å²) in [6.07, 6.45) is 0.841. The molecule has 0 saturated carbocycles. The van der Waals surface area contributed by atoms with Gasteiger partial charge in [-0.25, -0.2) is 4.79 Å². The first-order valence-electron chi connectivity index (χ1n) is 6.61. The van der Waals surface area contributed by atoms with Crippen molar-refractivity contribution in [3.8, 4) is 11.5 Å². The van der Waals surface area contributed by atoms with E-state index in [0.29, 0.717) is 5.75 Å². The van der Waals surface area contributed by atoms with Crippen molar-refractivity contribution >= 4 is 5.97 Å². The molecular formula is C15H18N2O4. The Morgan fingerprint density at radius 3 is 2.71 bits per heavy atom. The molecule has 0 amide bonds. The van der Waals surface area contributed by atoms with Gasteiger partial charge in [0, 0.05) is 13.1 Å². The molecule has 112 valence electrons.